The van der Waals surface area contributed by atoms with Crippen molar-refractivity contribution in [1.29, 1.82) is 0 Å². The van der Waals surface area contributed by atoms with E-state index in [0.29, 0.717) is 0 Å². The highest BCUT2D eigenvalue weighted by Crippen LogP contribution is 2.39. The van der Waals surface area contributed by atoms with Gasteiger partial charge in [0.1, 0.15) is 0 Å². The molecule has 0 unspecified atom stereocenters. The Labute approximate surface area is 87.9 Å². The van der Waals surface area contributed by atoms with Gasteiger partial charge in [-0.25, -0.2) is 4.67 Å². The lowest BCUT2D eigenvalue weighted by Crippen LogP contribution is -2.65. The Balaban J connectivity index is 2.89. The van der Waals surface area contributed by atoms with E-state index < -0.39 is 8.72 Å². The normalized spacial score (nSPS) is 20.4. The van der Waals surface area contributed by atoms with Crippen molar-refractivity contribution in [2.75, 3.05) is 27.3 Å². The maximum atomic E-state index is 5.72. The highest BCUT2D eigenvalue weighted by molar-refractivity contribution is 6.67. The van der Waals surface area contributed by atoms with Crippen molar-refractivity contribution in [3.63, 3.8) is 0 Å². The average molecular weight is 218 g/mol. The molecule has 0 aromatic carbocycles. The van der Waals surface area contributed by atoms with Crippen LogP contribution in [0.4, 0.5) is 0 Å². The zero-order valence-electron chi connectivity index (χ0n) is 9.89. The summed E-state index contributed by atoms with van der Waals surface area (Å²) in [7, 11) is 1.21. The molecule has 14 heavy (non-hydrogen) atoms. The van der Waals surface area contributed by atoms with Crippen LogP contribution in [0.3, 0.4) is 0 Å². The third-order valence-electron chi connectivity index (χ3n) is 2.72. The SMILES string of the molecule is CO[Si](OC)(N1CCCN1)C(C)(C)C. The fraction of sp³-hybridized carbons (Fsp3) is 1.00. The summed E-state index contributed by atoms with van der Waals surface area (Å²) in [4.78, 5) is 0. The molecular formula is C9H22N2O2Si. The second-order valence-electron chi connectivity index (χ2n) is 4.65. The van der Waals surface area contributed by atoms with Crippen LogP contribution in [0.15, 0.2) is 0 Å². The molecule has 0 aromatic heterocycles. The Morgan fingerprint density at radius 1 is 1.21 bits per heavy atom. The standard InChI is InChI=1S/C9H22N2O2Si/c1-9(2,3)14(12-4,13-5)11-8-6-7-10-11/h10H,6-8H2,1-5H3. The lowest BCUT2D eigenvalue weighted by atomic mass is 10.3. The third kappa shape index (κ3) is 1.87. The van der Waals surface area contributed by atoms with Gasteiger partial charge in [-0.2, -0.15) is 0 Å². The smallest absolute Gasteiger partial charge is 0.385 e. The van der Waals surface area contributed by atoms with Crippen molar-refractivity contribution in [2.45, 2.75) is 32.2 Å². The first kappa shape index (κ1) is 12.1. The number of rotatable bonds is 3. The molecule has 0 amide bonds. The third-order valence-corrected chi connectivity index (χ3v) is 6.81. The molecule has 0 aliphatic carbocycles. The summed E-state index contributed by atoms with van der Waals surface area (Å²) in [6, 6.07) is 0. The number of nitrogens with one attached hydrogen (secondary N) is 1. The molecule has 1 aliphatic heterocycles. The Morgan fingerprint density at radius 2 is 1.79 bits per heavy atom. The second kappa shape index (κ2) is 4.28. The van der Waals surface area contributed by atoms with Crippen LogP contribution in [0.1, 0.15) is 27.2 Å². The van der Waals surface area contributed by atoms with E-state index in [1.807, 2.05) is 0 Å². The van der Waals surface area contributed by atoms with Gasteiger partial charge in [0.2, 0.25) is 0 Å². The molecule has 0 aromatic rings. The van der Waals surface area contributed by atoms with Gasteiger partial charge in [-0.15, -0.1) is 0 Å². The van der Waals surface area contributed by atoms with Gasteiger partial charge in [-0.05, 0) is 6.42 Å². The second-order valence-corrected chi connectivity index (χ2v) is 8.67. The topological polar surface area (TPSA) is 33.7 Å². The molecule has 0 saturated carbocycles. The van der Waals surface area contributed by atoms with Gasteiger partial charge in [-0.3, -0.25) is 5.43 Å². The fourth-order valence-electron chi connectivity index (χ4n) is 2.10. The minimum Gasteiger partial charge on any atom is -0.385 e. The zero-order valence-corrected chi connectivity index (χ0v) is 10.9. The molecule has 0 atom stereocenters. The molecule has 1 aliphatic rings. The molecule has 0 radical (unpaired) electrons. The van der Waals surface area contributed by atoms with Gasteiger partial charge >= 0.3 is 8.72 Å². The Morgan fingerprint density at radius 3 is 2.07 bits per heavy atom. The predicted molar refractivity (Wildman–Crippen MR) is 58.8 cm³/mol. The van der Waals surface area contributed by atoms with Gasteiger partial charge in [-0.1, -0.05) is 20.8 Å². The Kier molecular flexibility index (Phi) is 3.71. The minimum atomic E-state index is -2.29. The van der Waals surface area contributed by atoms with Crippen molar-refractivity contribution >= 4 is 8.72 Å². The van der Waals surface area contributed by atoms with E-state index in [4.69, 9.17) is 8.85 Å². The van der Waals surface area contributed by atoms with Crippen LogP contribution in [-0.2, 0) is 8.85 Å². The summed E-state index contributed by atoms with van der Waals surface area (Å²) in [5.41, 5.74) is 3.35. The lowest BCUT2D eigenvalue weighted by Gasteiger charge is -2.43. The zero-order chi connectivity index (χ0) is 10.8. The molecule has 1 fully saturated rings. The molecule has 1 rings (SSSR count). The van der Waals surface area contributed by atoms with E-state index in [2.05, 4.69) is 30.9 Å². The van der Waals surface area contributed by atoms with Gasteiger partial charge in [0, 0.05) is 32.3 Å². The summed E-state index contributed by atoms with van der Waals surface area (Å²) < 4.78 is 13.6. The van der Waals surface area contributed by atoms with Crippen molar-refractivity contribution in [3.05, 3.63) is 0 Å². The minimum absolute atomic E-state index is 0.0356. The molecule has 0 spiro atoms. The molecule has 1 heterocycles. The molecule has 1 N–H and O–H groups in total. The van der Waals surface area contributed by atoms with Gasteiger partial charge in [0.25, 0.3) is 0 Å². The molecule has 4 nitrogen and oxygen atoms in total. The first-order valence-corrected chi connectivity index (χ1v) is 6.86. The summed E-state index contributed by atoms with van der Waals surface area (Å²) in [5, 5.41) is 0.0356. The highest BCUT2D eigenvalue weighted by Gasteiger charge is 2.55. The van der Waals surface area contributed by atoms with E-state index in [0.717, 1.165) is 19.5 Å². The lowest BCUT2D eigenvalue weighted by molar-refractivity contribution is 0.128. The first-order chi connectivity index (χ1) is 6.48. The monoisotopic (exact) mass is 218 g/mol. The fourth-order valence-corrected chi connectivity index (χ4v) is 5.52. The van der Waals surface area contributed by atoms with Crippen LogP contribution in [0, 0.1) is 0 Å². The Bertz CT molecular complexity index is 184. The van der Waals surface area contributed by atoms with Crippen molar-refractivity contribution in [1.82, 2.24) is 10.1 Å². The van der Waals surface area contributed by atoms with Crippen molar-refractivity contribution < 1.29 is 8.85 Å². The number of hydrogen-bond donors (Lipinski definition) is 1. The maximum absolute atomic E-state index is 5.72. The number of hydrogen-bond acceptors (Lipinski definition) is 4. The summed E-state index contributed by atoms with van der Waals surface area (Å²) in [5.74, 6) is 0. The molecule has 84 valence electrons. The van der Waals surface area contributed by atoms with E-state index in [1.54, 1.807) is 14.2 Å². The molecule has 0 bridgehead atoms. The first-order valence-electron chi connectivity index (χ1n) is 5.09. The van der Waals surface area contributed by atoms with Crippen LogP contribution in [0.5, 0.6) is 0 Å². The molecule has 5 heteroatoms. The van der Waals surface area contributed by atoms with Crippen LogP contribution >= 0.6 is 0 Å². The van der Waals surface area contributed by atoms with Gasteiger partial charge in [0.05, 0.1) is 0 Å². The molecule has 1 saturated heterocycles. The average Bonchev–Trinajstić information content (AvgIpc) is 2.58. The summed E-state index contributed by atoms with van der Waals surface area (Å²) >= 11 is 0. The summed E-state index contributed by atoms with van der Waals surface area (Å²) in [6.45, 7) is 8.56. The molecular weight excluding hydrogens is 196 g/mol. The van der Waals surface area contributed by atoms with Crippen molar-refractivity contribution in [3.8, 4) is 0 Å². The van der Waals surface area contributed by atoms with E-state index in [9.17, 15) is 0 Å². The van der Waals surface area contributed by atoms with E-state index >= 15 is 0 Å². The van der Waals surface area contributed by atoms with Gasteiger partial charge in [0.15, 0.2) is 0 Å². The quantitative estimate of drug-likeness (QED) is 0.722. The maximum Gasteiger partial charge on any atom is 0.446 e. The number of hydrazine groups is 1. The predicted octanol–water partition coefficient (Wildman–Crippen LogP) is 1.23. The highest BCUT2D eigenvalue weighted by atomic mass is 28.4. The van der Waals surface area contributed by atoms with Crippen LogP contribution < -0.4 is 5.43 Å². The number of nitrogens with zero attached hydrogens (tertiary/aromatic N) is 1. The van der Waals surface area contributed by atoms with Crippen LogP contribution in [-0.4, -0.2) is 40.7 Å². The summed E-state index contributed by atoms with van der Waals surface area (Å²) in [6.07, 6.45) is 1.16. The van der Waals surface area contributed by atoms with Crippen molar-refractivity contribution in [2.24, 2.45) is 0 Å². The van der Waals surface area contributed by atoms with E-state index in [1.165, 1.54) is 0 Å². The van der Waals surface area contributed by atoms with Gasteiger partial charge < -0.3 is 8.85 Å². The van der Waals surface area contributed by atoms with Crippen LogP contribution in [0.2, 0.25) is 5.04 Å². The Hall–Kier alpha value is 0.0569. The van der Waals surface area contributed by atoms with Crippen LogP contribution in [0.25, 0.3) is 0 Å². The van der Waals surface area contributed by atoms with E-state index in [-0.39, 0.29) is 5.04 Å². The largest absolute Gasteiger partial charge is 0.446 e.